The molecule has 0 aromatic heterocycles. The molecule has 0 aliphatic rings. The summed E-state index contributed by atoms with van der Waals surface area (Å²) in [5.74, 6) is 0. The van der Waals surface area contributed by atoms with E-state index in [2.05, 4.69) is 0 Å². The van der Waals surface area contributed by atoms with E-state index < -0.39 is 0 Å². The first-order chi connectivity index (χ1) is 7.86. The Kier molecular flexibility index (Phi) is 7.81. The van der Waals surface area contributed by atoms with E-state index in [-0.39, 0.29) is 0 Å². The van der Waals surface area contributed by atoms with Crippen LogP contribution in [0.1, 0.15) is 0 Å². The van der Waals surface area contributed by atoms with Crippen LogP contribution in [-0.4, -0.2) is 0 Å². The SMILES string of the molecule is ClPc1ccccc1.ClPc1ccccc1. The monoisotopic (exact) mass is 288 g/mol. The summed E-state index contributed by atoms with van der Waals surface area (Å²) in [6, 6.07) is 20.0. The van der Waals surface area contributed by atoms with E-state index in [1.807, 2.05) is 60.7 Å². The quantitative estimate of drug-likeness (QED) is 0.723. The molecule has 2 atom stereocenters. The second-order valence-corrected chi connectivity index (χ2v) is 5.59. The molecule has 0 amide bonds. The summed E-state index contributed by atoms with van der Waals surface area (Å²) >= 11 is 11.1. The van der Waals surface area contributed by atoms with Gasteiger partial charge in [0.1, 0.15) is 0 Å². The molecule has 0 spiro atoms. The zero-order chi connectivity index (χ0) is 11.6. The molecular formula is C12H12Cl2P2. The van der Waals surface area contributed by atoms with Crippen molar-refractivity contribution in [3.63, 3.8) is 0 Å². The van der Waals surface area contributed by atoms with Crippen LogP contribution in [0.3, 0.4) is 0 Å². The molecule has 0 aliphatic heterocycles. The summed E-state index contributed by atoms with van der Waals surface area (Å²) in [7, 11) is 0.805. The van der Waals surface area contributed by atoms with Gasteiger partial charge in [0.2, 0.25) is 0 Å². The summed E-state index contributed by atoms with van der Waals surface area (Å²) in [5.41, 5.74) is 0. The van der Waals surface area contributed by atoms with Crippen molar-refractivity contribution in [1.29, 1.82) is 0 Å². The van der Waals surface area contributed by atoms with Crippen molar-refractivity contribution in [1.82, 2.24) is 0 Å². The number of halogens is 2. The van der Waals surface area contributed by atoms with Crippen molar-refractivity contribution >= 4 is 49.0 Å². The van der Waals surface area contributed by atoms with E-state index in [0.29, 0.717) is 15.9 Å². The lowest BCUT2D eigenvalue weighted by molar-refractivity contribution is 1.78. The summed E-state index contributed by atoms with van der Waals surface area (Å²) in [5, 5.41) is 2.41. The van der Waals surface area contributed by atoms with Crippen LogP contribution < -0.4 is 10.6 Å². The predicted octanol–water partition coefficient (Wildman–Crippen LogP) is 4.29. The van der Waals surface area contributed by atoms with Gasteiger partial charge in [-0.25, -0.2) is 0 Å². The van der Waals surface area contributed by atoms with Crippen LogP contribution in [0, 0.1) is 0 Å². The van der Waals surface area contributed by atoms with Gasteiger partial charge in [0.15, 0.2) is 0 Å². The highest BCUT2D eigenvalue weighted by Crippen LogP contribution is 2.14. The van der Waals surface area contributed by atoms with E-state index in [1.54, 1.807) is 0 Å². The number of rotatable bonds is 2. The van der Waals surface area contributed by atoms with Gasteiger partial charge in [-0.05, 0) is 10.6 Å². The lowest BCUT2D eigenvalue weighted by Gasteiger charge is -1.87. The van der Waals surface area contributed by atoms with Crippen molar-refractivity contribution in [2.45, 2.75) is 0 Å². The molecule has 2 rings (SSSR count). The van der Waals surface area contributed by atoms with Crippen molar-refractivity contribution in [2.75, 3.05) is 0 Å². The Bertz CT molecular complexity index is 339. The van der Waals surface area contributed by atoms with Gasteiger partial charge in [-0.1, -0.05) is 83.1 Å². The molecule has 84 valence electrons. The van der Waals surface area contributed by atoms with Gasteiger partial charge in [0, 0.05) is 15.9 Å². The number of hydrogen-bond acceptors (Lipinski definition) is 0. The highest BCUT2D eigenvalue weighted by molar-refractivity contribution is 7.75. The molecule has 0 aliphatic carbocycles. The highest BCUT2D eigenvalue weighted by atomic mass is 35.7. The third kappa shape index (κ3) is 5.83. The van der Waals surface area contributed by atoms with Crippen LogP contribution >= 0.6 is 38.3 Å². The molecule has 0 heterocycles. The predicted molar refractivity (Wildman–Crippen MR) is 80.5 cm³/mol. The summed E-state index contributed by atoms with van der Waals surface area (Å²) in [4.78, 5) is 0. The Morgan fingerprint density at radius 2 is 0.875 bits per heavy atom. The van der Waals surface area contributed by atoms with Crippen LogP contribution in [0.4, 0.5) is 0 Å². The van der Waals surface area contributed by atoms with Crippen LogP contribution in [-0.2, 0) is 0 Å². The van der Waals surface area contributed by atoms with Gasteiger partial charge in [0.05, 0.1) is 0 Å². The molecule has 0 bridgehead atoms. The normalized spacial score (nSPS) is 10.6. The highest BCUT2D eigenvalue weighted by Gasteiger charge is 1.82. The first-order valence-corrected chi connectivity index (χ1v) is 8.72. The smallest absolute Gasteiger partial charge is 0.00659 e. The maximum Gasteiger partial charge on any atom is 0.00659 e. The van der Waals surface area contributed by atoms with Crippen molar-refractivity contribution in [3.8, 4) is 0 Å². The van der Waals surface area contributed by atoms with Crippen LogP contribution in [0.2, 0.25) is 0 Å². The van der Waals surface area contributed by atoms with Crippen molar-refractivity contribution in [2.24, 2.45) is 0 Å². The van der Waals surface area contributed by atoms with Crippen LogP contribution in [0.5, 0.6) is 0 Å². The van der Waals surface area contributed by atoms with Crippen molar-refractivity contribution in [3.05, 3.63) is 60.7 Å². The summed E-state index contributed by atoms with van der Waals surface area (Å²) in [6.45, 7) is 0. The minimum Gasteiger partial charge on any atom is -0.0948 e. The second-order valence-electron chi connectivity index (χ2n) is 2.92. The van der Waals surface area contributed by atoms with Crippen LogP contribution in [0.25, 0.3) is 0 Å². The fourth-order valence-corrected chi connectivity index (χ4v) is 2.40. The lowest BCUT2D eigenvalue weighted by Crippen LogP contribution is -1.85. The van der Waals surface area contributed by atoms with Crippen LogP contribution in [0.15, 0.2) is 60.7 Å². The zero-order valence-electron chi connectivity index (χ0n) is 8.53. The Morgan fingerprint density at radius 3 is 1.06 bits per heavy atom. The van der Waals surface area contributed by atoms with E-state index in [4.69, 9.17) is 22.5 Å². The Hall–Kier alpha value is -0.120. The van der Waals surface area contributed by atoms with Gasteiger partial charge >= 0.3 is 0 Å². The summed E-state index contributed by atoms with van der Waals surface area (Å²) in [6.07, 6.45) is 0. The fraction of sp³-hybridized carbons (Fsp3) is 0. The first kappa shape index (κ1) is 13.9. The molecule has 0 fully saturated rings. The molecular weight excluding hydrogens is 277 g/mol. The van der Waals surface area contributed by atoms with Crippen molar-refractivity contribution < 1.29 is 0 Å². The fourth-order valence-electron chi connectivity index (χ4n) is 1.00. The Labute approximate surface area is 110 Å². The van der Waals surface area contributed by atoms with Gasteiger partial charge in [-0.15, -0.1) is 0 Å². The molecule has 2 unspecified atom stereocenters. The average molecular weight is 289 g/mol. The maximum atomic E-state index is 5.55. The minimum absolute atomic E-state index is 0.402. The first-order valence-electron chi connectivity index (χ1n) is 4.70. The number of hydrogen-bond donors (Lipinski definition) is 0. The topological polar surface area (TPSA) is 0 Å². The molecule has 2 aromatic rings. The largest absolute Gasteiger partial charge is 0.0948 e. The third-order valence-corrected chi connectivity index (χ3v) is 4.18. The molecule has 0 saturated heterocycles. The van der Waals surface area contributed by atoms with E-state index in [0.717, 1.165) is 0 Å². The van der Waals surface area contributed by atoms with Gasteiger partial charge in [0.25, 0.3) is 0 Å². The Balaban J connectivity index is 0.000000160. The van der Waals surface area contributed by atoms with E-state index >= 15 is 0 Å². The molecule has 16 heavy (non-hydrogen) atoms. The molecule has 2 aromatic carbocycles. The maximum absolute atomic E-state index is 5.55. The third-order valence-electron chi connectivity index (χ3n) is 1.77. The second kappa shape index (κ2) is 8.97. The molecule has 0 nitrogen and oxygen atoms in total. The summed E-state index contributed by atoms with van der Waals surface area (Å²) < 4.78 is 0. The van der Waals surface area contributed by atoms with Gasteiger partial charge < -0.3 is 0 Å². The van der Waals surface area contributed by atoms with Gasteiger partial charge in [-0.3, -0.25) is 0 Å². The molecule has 0 N–H and O–H groups in total. The molecule has 0 saturated carbocycles. The molecule has 0 radical (unpaired) electrons. The minimum atomic E-state index is 0.402. The molecule has 4 heteroatoms. The standard InChI is InChI=1S/2C6H6ClP/c2*7-8-6-4-2-1-3-5-6/h2*1-5,8H. The average Bonchev–Trinajstić information content (AvgIpc) is 2.41. The zero-order valence-corrected chi connectivity index (χ0v) is 12.0. The lowest BCUT2D eigenvalue weighted by atomic mass is 10.4. The number of benzene rings is 2. The van der Waals surface area contributed by atoms with E-state index in [9.17, 15) is 0 Å². The van der Waals surface area contributed by atoms with E-state index in [1.165, 1.54) is 10.6 Å². The van der Waals surface area contributed by atoms with Gasteiger partial charge in [-0.2, -0.15) is 0 Å². The Morgan fingerprint density at radius 1 is 0.562 bits per heavy atom.